The van der Waals surface area contributed by atoms with Gasteiger partial charge in [-0.15, -0.1) is 11.8 Å². The summed E-state index contributed by atoms with van der Waals surface area (Å²) < 4.78 is 2.25. The van der Waals surface area contributed by atoms with Crippen molar-refractivity contribution in [2.45, 2.75) is 42.8 Å². The first kappa shape index (κ1) is 22.2. The number of thioether (sulfide) groups is 2. The molecule has 1 aliphatic rings. The molecule has 0 bridgehead atoms. The quantitative estimate of drug-likeness (QED) is 0.398. The number of aromatic nitrogens is 3. The number of thiazole rings is 1. The van der Waals surface area contributed by atoms with Gasteiger partial charge in [0.25, 0.3) is 5.56 Å². The second-order valence-electron chi connectivity index (χ2n) is 7.58. The Kier molecular flexibility index (Phi) is 6.88. The first-order valence-electron chi connectivity index (χ1n) is 10.2. The second kappa shape index (κ2) is 9.62. The van der Waals surface area contributed by atoms with E-state index < -0.39 is 0 Å². The number of nitrogens with zero attached hydrogens (tertiary/aromatic N) is 4. The SMILES string of the molecule is CSc1cccc(NC(=O)CSc2nc3nc(N4CCCC4)sc3c(=O)n2C(C)C)c1. The highest BCUT2D eigenvalue weighted by molar-refractivity contribution is 7.99. The topological polar surface area (TPSA) is 80.1 Å². The summed E-state index contributed by atoms with van der Waals surface area (Å²) in [6.45, 7) is 5.85. The molecule has 10 heteroatoms. The fourth-order valence-electron chi connectivity index (χ4n) is 3.49. The number of rotatable bonds is 7. The van der Waals surface area contributed by atoms with Gasteiger partial charge in [0.1, 0.15) is 4.70 Å². The summed E-state index contributed by atoms with van der Waals surface area (Å²) >= 11 is 4.31. The van der Waals surface area contributed by atoms with E-state index in [1.54, 1.807) is 16.3 Å². The predicted octanol–water partition coefficient (Wildman–Crippen LogP) is 4.49. The molecule has 0 spiro atoms. The van der Waals surface area contributed by atoms with Crippen molar-refractivity contribution in [1.82, 2.24) is 14.5 Å². The smallest absolute Gasteiger partial charge is 0.274 e. The Labute approximate surface area is 193 Å². The Balaban J connectivity index is 1.56. The predicted molar refractivity (Wildman–Crippen MR) is 131 cm³/mol. The summed E-state index contributed by atoms with van der Waals surface area (Å²) in [7, 11) is 0. The normalized spacial score (nSPS) is 14.0. The number of fused-ring (bicyclic) bond motifs is 1. The van der Waals surface area contributed by atoms with Crippen molar-refractivity contribution in [3.05, 3.63) is 34.6 Å². The summed E-state index contributed by atoms with van der Waals surface area (Å²) in [4.78, 5) is 38.3. The van der Waals surface area contributed by atoms with E-state index in [-0.39, 0.29) is 23.3 Å². The molecule has 1 aliphatic heterocycles. The Morgan fingerprint density at radius 1 is 1.26 bits per heavy atom. The molecule has 3 aromatic rings. The molecular weight excluding hydrogens is 450 g/mol. The lowest BCUT2D eigenvalue weighted by atomic mass is 10.3. The molecule has 1 saturated heterocycles. The molecule has 0 aliphatic carbocycles. The number of hydrogen-bond donors (Lipinski definition) is 1. The molecule has 0 unspecified atom stereocenters. The summed E-state index contributed by atoms with van der Waals surface area (Å²) in [6.07, 6.45) is 4.29. The average Bonchev–Trinajstić information content (AvgIpc) is 3.42. The van der Waals surface area contributed by atoms with Gasteiger partial charge in [-0.05, 0) is 51.1 Å². The van der Waals surface area contributed by atoms with E-state index in [0.29, 0.717) is 15.5 Å². The number of carbonyl (C=O) groups excluding carboxylic acids is 1. The maximum Gasteiger partial charge on any atom is 0.274 e. The third-order valence-electron chi connectivity index (χ3n) is 5.00. The van der Waals surface area contributed by atoms with Gasteiger partial charge in [-0.25, -0.2) is 4.98 Å². The highest BCUT2D eigenvalue weighted by Crippen LogP contribution is 2.30. The molecule has 1 amide bonds. The van der Waals surface area contributed by atoms with Crippen molar-refractivity contribution in [2.24, 2.45) is 0 Å². The molecule has 0 radical (unpaired) electrons. The Morgan fingerprint density at radius 2 is 2.03 bits per heavy atom. The van der Waals surface area contributed by atoms with Gasteiger partial charge in [0.05, 0.1) is 5.75 Å². The number of anilines is 2. The summed E-state index contributed by atoms with van der Waals surface area (Å²) in [5, 5.41) is 4.31. The van der Waals surface area contributed by atoms with Crippen LogP contribution in [0.15, 0.2) is 39.1 Å². The van der Waals surface area contributed by atoms with Crippen LogP contribution < -0.4 is 15.8 Å². The summed E-state index contributed by atoms with van der Waals surface area (Å²) in [5.74, 6) is 0.0287. The van der Waals surface area contributed by atoms with Crippen LogP contribution >= 0.6 is 34.9 Å². The molecule has 7 nitrogen and oxygen atoms in total. The Morgan fingerprint density at radius 3 is 2.74 bits per heavy atom. The molecule has 0 atom stereocenters. The molecule has 31 heavy (non-hydrogen) atoms. The Hall–Kier alpha value is -2.04. The van der Waals surface area contributed by atoms with Gasteiger partial charge >= 0.3 is 0 Å². The zero-order valence-electron chi connectivity index (χ0n) is 17.8. The zero-order chi connectivity index (χ0) is 22.0. The fourth-order valence-corrected chi connectivity index (χ4v) is 5.86. The van der Waals surface area contributed by atoms with E-state index in [2.05, 4.69) is 20.2 Å². The van der Waals surface area contributed by atoms with Gasteiger partial charge in [0.2, 0.25) is 5.91 Å². The molecule has 1 aromatic carbocycles. The van der Waals surface area contributed by atoms with Crippen molar-refractivity contribution in [2.75, 3.05) is 35.3 Å². The zero-order valence-corrected chi connectivity index (χ0v) is 20.2. The number of amides is 1. The third kappa shape index (κ3) is 4.91. The first-order chi connectivity index (χ1) is 15.0. The lowest BCUT2D eigenvalue weighted by molar-refractivity contribution is -0.113. The minimum absolute atomic E-state index is 0.0643. The van der Waals surface area contributed by atoms with E-state index in [9.17, 15) is 9.59 Å². The van der Waals surface area contributed by atoms with E-state index in [1.165, 1.54) is 23.1 Å². The van der Waals surface area contributed by atoms with Crippen molar-refractivity contribution in [3.63, 3.8) is 0 Å². The molecule has 2 aromatic heterocycles. The Bertz CT molecular complexity index is 1150. The third-order valence-corrected chi connectivity index (χ3v) is 7.77. The lowest BCUT2D eigenvalue weighted by Crippen LogP contribution is -2.25. The van der Waals surface area contributed by atoms with Crippen LogP contribution in [0.25, 0.3) is 10.3 Å². The number of hydrogen-bond acceptors (Lipinski definition) is 8. The highest BCUT2D eigenvalue weighted by Gasteiger charge is 2.22. The highest BCUT2D eigenvalue weighted by atomic mass is 32.2. The first-order valence-corrected chi connectivity index (χ1v) is 13.2. The van der Waals surface area contributed by atoms with Gasteiger partial charge in [-0.3, -0.25) is 14.2 Å². The van der Waals surface area contributed by atoms with Gasteiger partial charge in [-0.2, -0.15) is 4.98 Å². The van der Waals surface area contributed by atoms with Gasteiger partial charge in [0.15, 0.2) is 15.9 Å². The van der Waals surface area contributed by atoms with Crippen LogP contribution in [-0.2, 0) is 4.79 Å². The van der Waals surface area contributed by atoms with Crippen LogP contribution in [0.2, 0.25) is 0 Å². The summed E-state index contributed by atoms with van der Waals surface area (Å²) in [5.41, 5.74) is 1.15. The van der Waals surface area contributed by atoms with Crippen LogP contribution in [-0.4, -0.2) is 45.5 Å². The standard InChI is InChI=1S/C21H25N5O2S3/c1-13(2)26-19(28)17-18(23-20(31-17)25-9-4-5-10-25)24-21(26)30-12-16(27)22-14-7-6-8-15(11-14)29-3/h6-8,11,13H,4-5,9-10,12H2,1-3H3,(H,22,27). The molecule has 1 N–H and O–H groups in total. The van der Waals surface area contributed by atoms with Gasteiger partial charge < -0.3 is 10.2 Å². The number of nitrogens with one attached hydrogen (secondary N) is 1. The maximum absolute atomic E-state index is 13.2. The van der Waals surface area contributed by atoms with Crippen molar-refractivity contribution in [3.8, 4) is 0 Å². The second-order valence-corrected chi connectivity index (χ2v) is 10.4. The van der Waals surface area contributed by atoms with Crippen LogP contribution in [0, 0.1) is 0 Å². The molecular formula is C21H25N5O2S3. The molecule has 3 heterocycles. The number of benzene rings is 1. The molecule has 4 rings (SSSR count). The van der Waals surface area contributed by atoms with Crippen molar-refractivity contribution >= 4 is 61.9 Å². The van der Waals surface area contributed by atoms with E-state index in [1.807, 2.05) is 44.4 Å². The van der Waals surface area contributed by atoms with Crippen molar-refractivity contribution < 1.29 is 4.79 Å². The van der Waals surface area contributed by atoms with Crippen LogP contribution in [0.3, 0.4) is 0 Å². The van der Waals surface area contributed by atoms with E-state index in [4.69, 9.17) is 0 Å². The molecule has 164 valence electrons. The minimum Gasteiger partial charge on any atom is -0.348 e. The number of carbonyl (C=O) groups is 1. The minimum atomic E-state index is -0.135. The maximum atomic E-state index is 13.2. The largest absolute Gasteiger partial charge is 0.348 e. The molecule has 0 saturated carbocycles. The van der Waals surface area contributed by atoms with Crippen LogP contribution in [0.5, 0.6) is 0 Å². The van der Waals surface area contributed by atoms with E-state index in [0.717, 1.165) is 41.6 Å². The lowest BCUT2D eigenvalue weighted by Gasteiger charge is -2.14. The molecule has 1 fully saturated rings. The summed E-state index contributed by atoms with van der Waals surface area (Å²) in [6, 6.07) is 7.66. The van der Waals surface area contributed by atoms with Gasteiger partial charge in [-0.1, -0.05) is 29.2 Å². The monoisotopic (exact) mass is 475 g/mol. The van der Waals surface area contributed by atoms with Crippen molar-refractivity contribution in [1.29, 1.82) is 0 Å². The van der Waals surface area contributed by atoms with E-state index >= 15 is 0 Å². The van der Waals surface area contributed by atoms with Crippen LogP contribution in [0.1, 0.15) is 32.7 Å². The van der Waals surface area contributed by atoms with Gasteiger partial charge in [0, 0.05) is 29.7 Å². The average molecular weight is 476 g/mol. The van der Waals surface area contributed by atoms with Crippen LogP contribution in [0.4, 0.5) is 10.8 Å². The fraction of sp³-hybridized carbons (Fsp3) is 0.429.